The number of nitrogens with two attached hydrogens (primary N) is 2. The van der Waals surface area contributed by atoms with Crippen molar-refractivity contribution in [1.29, 1.82) is 0 Å². The fraction of sp³-hybridized carbons (Fsp3) is 1.00. The molecule has 0 saturated carbocycles. The van der Waals surface area contributed by atoms with Crippen LogP contribution >= 0.6 is 0 Å². The molecule has 0 aliphatic rings. The third kappa shape index (κ3) is 7.74. The SMILES string of the molecule is NCCCNCC(O)CCN. The Morgan fingerprint density at radius 2 is 2.00 bits per heavy atom. The number of aliphatic hydroxyl groups excluding tert-OH is 1. The van der Waals surface area contributed by atoms with E-state index in [4.69, 9.17) is 11.5 Å². The van der Waals surface area contributed by atoms with Gasteiger partial charge in [0.15, 0.2) is 0 Å². The van der Waals surface area contributed by atoms with Gasteiger partial charge in [-0.2, -0.15) is 0 Å². The maximum atomic E-state index is 9.17. The summed E-state index contributed by atoms with van der Waals surface area (Å²) < 4.78 is 0. The Labute approximate surface area is 68.0 Å². The topological polar surface area (TPSA) is 84.3 Å². The predicted octanol–water partition coefficient (Wildman–Crippen LogP) is -1.37. The molecule has 0 aromatic rings. The van der Waals surface area contributed by atoms with E-state index in [0.717, 1.165) is 13.0 Å². The van der Waals surface area contributed by atoms with Gasteiger partial charge in [0.05, 0.1) is 6.10 Å². The Balaban J connectivity index is 2.97. The molecular formula is C7H19N3O. The van der Waals surface area contributed by atoms with E-state index < -0.39 is 0 Å². The first-order valence-corrected chi connectivity index (χ1v) is 4.10. The fourth-order valence-corrected chi connectivity index (χ4v) is 0.790. The molecule has 0 aromatic heterocycles. The summed E-state index contributed by atoms with van der Waals surface area (Å²) in [6.07, 6.45) is 1.31. The second-order valence-electron chi connectivity index (χ2n) is 2.58. The van der Waals surface area contributed by atoms with Gasteiger partial charge in [-0.15, -0.1) is 0 Å². The monoisotopic (exact) mass is 161 g/mol. The van der Waals surface area contributed by atoms with Crippen molar-refractivity contribution in [2.75, 3.05) is 26.2 Å². The summed E-state index contributed by atoms with van der Waals surface area (Å²) in [5, 5.41) is 12.3. The highest BCUT2D eigenvalue weighted by molar-refractivity contribution is 4.59. The second kappa shape index (κ2) is 7.94. The van der Waals surface area contributed by atoms with Crippen molar-refractivity contribution >= 4 is 0 Å². The van der Waals surface area contributed by atoms with E-state index in [1.54, 1.807) is 0 Å². The van der Waals surface area contributed by atoms with E-state index in [1.165, 1.54) is 0 Å². The molecule has 0 aromatic carbocycles. The molecule has 0 heterocycles. The molecule has 0 bridgehead atoms. The van der Waals surface area contributed by atoms with Gasteiger partial charge in [-0.3, -0.25) is 0 Å². The Morgan fingerprint density at radius 1 is 1.27 bits per heavy atom. The molecule has 0 fully saturated rings. The summed E-state index contributed by atoms with van der Waals surface area (Å²) in [4.78, 5) is 0. The van der Waals surface area contributed by atoms with Crippen molar-refractivity contribution in [3.63, 3.8) is 0 Å². The molecule has 0 radical (unpaired) electrons. The molecule has 0 rings (SSSR count). The number of rotatable bonds is 7. The average Bonchev–Trinajstić information content (AvgIpc) is 1.99. The predicted molar refractivity (Wildman–Crippen MR) is 46.2 cm³/mol. The van der Waals surface area contributed by atoms with Gasteiger partial charge in [0.1, 0.15) is 0 Å². The van der Waals surface area contributed by atoms with Crippen LogP contribution in [-0.2, 0) is 0 Å². The van der Waals surface area contributed by atoms with Crippen LogP contribution in [0.1, 0.15) is 12.8 Å². The van der Waals surface area contributed by atoms with Gasteiger partial charge in [0.2, 0.25) is 0 Å². The Kier molecular flexibility index (Phi) is 7.83. The highest BCUT2D eigenvalue weighted by Crippen LogP contribution is 1.85. The number of nitrogens with one attached hydrogen (secondary N) is 1. The van der Waals surface area contributed by atoms with Crippen LogP contribution in [0, 0.1) is 0 Å². The lowest BCUT2D eigenvalue weighted by atomic mass is 10.2. The van der Waals surface area contributed by atoms with Gasteiger partial charge in [-0.05, 0) is 32.5 Å². The summed E-state index contributed by atoms with van der Waals surface area (Å²) in [6, 6.07) is 0. The molecule has 11 heavy (non-hydrogen) atoms. The van der Waals surface area contributed by atoms with Crippen molar-refractivity contribution < 1.29 is 5.11 Å². The fourth-order valence-electron chi connectivity index (χ4n) is 0.790. The number of hydrogen-bond acceptors (Lipinski definition) is 4. The van der Waals surface area contributed by atoms with Gasteiger partial charge in [0.25, 0.3) is 0 Å². The minimum Gasteiger partial charge on any atom is -0.392 e. The lowest BCUT2D eigenvalue weighted by Gasteiger charge is -2.09. The van der Waals surface area contributed by atoms with Crippen molar-refractivity contribution in [3.8, 4) is 0 Å². The van der Waals surface area contributed by atoms with E-state index in [0.29, 0.717) is 26.1 Å². The molecule has 4 nitrogen and oxygen atoms in total. The van der Waals surface area contributed by atoms with E-state index >= 15 is 0 Å². The highest BCUT2D eigenvalue weighted by Gasteiger charge is 1.99. The van der Waals surface area contributed by atoms with Crippen molar-refractivity contribution in [2.24, 2.45) is 11.5 Å². The van der Waals surface area contributed by atoms with Crippen LogP contribution in [0.3, 0.4) is 0 Å². The average molecular weight is 161 g/mol. The molecule has 0 spiro atoms. The maximum Gasteiger partial charge on any atom is 0.0676 e. The Bertz CT molecular complexity index is 80.1. The summed E-state index contributed by atoms with van der Waals surface area (Å²) >= 11 is 0. The van der Waals surface area contributed by atoms with Crippen molar-refractivity contribution in [3.05, 3.63) is 0 Å². The van der Waals surface area contributed by atoms with E-state index in [-0.39, 0.29) is 6.10 Å². The minimum atomic E-state index is -0.308. The Morgan fingerprint density at radius 3 is 2.55 bits per heavy atom. The van der Waals surface area contributed by atoms with Gasteiger partial charge in [0, 0.05) is 6.54 Å². The zero-order valence-corrected chi connectivity index (χ0v) is 6.92. The summed E-state index contributed by atoms with van der Waals surface area (Å²) in [5.41, 5.74) is 10.5. The molecule has 1 atom stereocenters. The van der Waals surface area contributed by atoms with Crippen molar-refractivity contribution in [2.45, 2.75) is 18.9 Å². The van der Waals surface area contributed by atoms with E-state index in [1.807, 2.05) is 0 Å². The van der Waals surface area contributed by atoms with Crippen LogP contribution in [0.4, 0.5) is 0 Å². The van der Waals surface area contributed by atoms with Crippen LogP contribution in [-0.4, -0.2) is 37.4 Å². The molecule has 0 amide bonds. The van der Waals surface area contributed by atoms with Gasteiger partial charge >= 0.3 is 0 Å². The van der Waals surface area contributed by atoms with Crippen molar-refractivity contribution in [1.82, 2.24) is 5.32 Å². The van der Waals surface area contributed by atoms with Crippen LogP contribution in [0.2, 0.25) is 0 Å². The third-order valence-electron chi connectivity index (χ3n) is 1.44. The van der Waals surface area contributed by atoms with Crippen LogP contribution in [0.5, 0.6) is 0 Å². The minimum absolute atomic E-state index is 0.308. The Hall–Kier alpha value is -0.160. The molecular weight excluding hydrogens is 142 g/mol. The second-order valence-corrected chi connectivity index (χ2v) is 2.58. The van der Waals surface area contributed by atoms with Crippen LogP contribution in [0.25, 0.3) is 0 Å². The quantitative estimate of drug-likeness (QED) is 0.347. The van der Waals surface area contributed by atoms with Crippen LogP contribution < -0.4 is 16.8 Å². The first-order chi connectivity index (χ1) is 5.31. The number of hydrogen-bond donors (Lipinski definition) is 4. The van der Waals surface area contributed by atoms with Gasteiger partial charge < -0.3 is 21.9 Å². The largest absolute Gasteiger partial charge is 0.392 e. The maximum absolute atomic E-state index is 9.17. The summed E-state index contributed by atoms with van der Waals surface area (Å²) in [5.74, 6) is 0. The zero-order valence-electron chi connectivity index (χ0n) is 6.92. The van der Waals surface area contributed by atoms with Gasteiger partial charge in [-0.1, -0.05) is 0 Å². The summed E-state index contributed by atoms with van der Waals surface area (Å²) in [6.45, 7) is 2.73. The molecule has 0 aliphatic carbocycles. The van der Waals surface area contributed by atoms with E-state index in [2.05, 4.69) is 5.32 Å². The third-order valence-corrected chi connectivity index (χ3v) is 1.44. The standard InChI is InChI=1S/C7H19N3O/c8-3-1-5-10-6-7(11)2-4-9/h7,10-11H,1-6,8-9H2. The first-order valence-electron chi connectivity index (χ1n) is 4.10. The lowest BCUT2D eigenvalue weighted by molar-refractivity contribution is 0.164. The molecule has 0 saturated heterocycles. The van der Waals surface area contributed by atoms with E-state index in [9.17, 15) is 5.11 Å². The summed E-state index contributed by atoms with van der Waals surface area (Å²) in [7, 11) is 0. The first kappa shape index (κ1) is 10.8. The highest BCUT2D eigenvalue weighted by atomic mass is 16.3. The molecule has 0 aliphatic heterocycles. The number of aliphatic hydroxyl groups is 1. The molecule has 6 N–H and O–H groups in total. The molecule has 4 heteroatoms. The molecule has 1 unspecified atom stereocenters. The smallest absolute Gasteiger partial charge is 0.0676 e. The normalized spacial score (nSPS) is 13.4. The zero-order chi connectivity index (χ0) is 8.53. The van der Waals surface area contributed by atoms with Crippen LogP contribution in [0.15, 0.2) is 0 Å². The molecule has 68 valence electrons. The van der Waals surface area contributed by atoms with Gasteiger partial charge in [-0.25, -0.2) is 0 Å². The lowest BCUT2D eigenvalue weighted by Crippen LogP contribution is -2.30.